The molecule has 0 spiro atoms. The van der Waals surface area contributed by atoms with E-state index in [0.717, 1.165) is 16.9 Å². The lowest BCUT2D eigenvalue weighted by molar-refractivity contribution is -0.137. The van der Waals surface area contributed by atoms with E-state index in [1.165, 1.54) is 0 Å². The Labute approximate surface area is 100.0 Å². The molecule has 0 aliphatic heterocycles. The molecule has 0 heterocycles. The lowest BCUT2D eigenvalue weighted by Gasteiger charge is -2.12. The zero-order chi connectivity index (χ0) is 12.1. The van der Waals surface area contributed by atoms with Crippen molar-refractivity contribution in [3.05, 3.63) is 28.3 Å². The minimum absolute atomic E-state index is 0.162. The van der Waals surface area contributed by atoms with Gasteiger partial charge in [-0.2, -0.15) is 0 Å². The molecule has 0 saturated heterocycles. The number of hydrogen-bond donors (Lipinski definition) is 1. The zero-order valence-corrected chi connectivity index (χ0v) is 10.2. The summed E-state index contributed by atoms with van der Waals surface area (Å²) in [5.41, 5.74) is 1.96. The fourth-order valence-corrected chi connectivity index (χ4v) is 1.80. The largest absolute Gasteiger partial charge is 0.496 e. The minimum atomic E-state index is -0.779. The molecule has 1 aromatic rings. The normalized spacial score (nSPS) is 10.2. The van der Waals surface area contributed by atoms with Crippen molar-refractivity contribution >= 4 is 17.6 Å². The Morgan fingerprint density at radius 1 is 1.50 bits per heavy atom. The highest BCUT2D eigenvalue weighted by Crippen LogP contribution is 2.29. The fraction of sp³-hybridized carbons (Fsp3) is 0.417. The van der Waals surface area contributed by atoms with Gasteiger partial charge < -0.3 is 9.84 Å². The summed E-state index contributed by atoms with van der Waals surface area (Å²) in [6.45, 7) is 1.92. The average Bonchev–Trinajstić information content (AvgIpc) is 2.24. The first-order valence-electron chi connectivity index (χ1n) is 5.10. The first kappa shape index (κ1) is 12.8. The lowest BCUT2D eigenvalue weighted by Crippen LogP contribution is -2.00. The van der Waals surface area contributed by atoms with E-state index in [4.69, 9.17) is 21.4 Å². The van der Waals surface area contributed by atoms with Crippen LogP contribution in [0.15, 0.2) is 12.1 Å². The van der Waals surface area contributed by atoms with E-state index >= 15 is 0 Å². The predicted octanol–water partition coefficient (Wildman–Crippen LogP) is 3.06. The van der Waals surface area contributed by atoms with Gasteiger partial charge in [-0.25, -0.2) is 0 Å². The maximum atomic E-state index is 10.4. The van der Waals surface area contributed by atoms with Gasteiger partial charge in [-0.1, -0.05) is 11.6 Å². The van der Waals surface area contributed by atoms with Crippen LogP contribution in [0.25, 0.3) is 0 Å². The highest BCUT2D eigenvalue weighted by Gasteiger charge is 2.10. The van der Waals surface area contributed by atoms with E-state index in [2.05, 4.69) is 0 Å². The van der Waals surface area contributed by atoms with Crippen molar-refractivity contribution in [2.45, 2.75) is 26.2 Å². The summed E-state index contributed by atoms with van der Waals surface area (Å²) in [6, 6.07) is 3.60. The Morgan fingerprint density at radius 2 is 2.19 bits per heavy atom. The summed E-state index contributed by atoms with van der Waals surface area (Å²) in [5.74, 6) is -0.00839. The molecule has 0 unspecified atom stereocenters. The van der Waals surface area contributed by atoms with Crippen molar-refractivity contribution in [1.29, 1.82) is 0 Å². The van der Waals surface area contributed by atoms with Gasteiger partial charge in [0.1, 0.15) is 5.75 Å². The molecular formula is C12H15ClO3. The van der Waals surface area contributed by atoms with Gasteiger partial charge in [-0.3, -0.25) is 4.79 Å². The van der Waals surface area contributed by atoms with Crippen molar-refractivity contribution in [2.24, 2.45) is 0 Å². The molecule has 4 heteroatoms. The third-order valence-electron chi connectivity index (χ3n) is 2.53. The molecule has 0 radical (unpaired) electrons. The van der Waals surface area contributed by atoms with E-state index in [1.54, 1.807) is 13.2 Å². The molecule has 0 bridgehead atoms. The number of aliphatic carboxylic acids is 1. The van der Waals surface area contributed by atoms with Crippen molar-refractivity contribution in [2.75, 3.05) is 7.11 Å². The molecule has 1 aromatic carbocycles. The number of ether oxygens (including phenoxy) is 1. The lowest BCUT2D eigenvalue weighted by atomic mass is 10.0. The molecule has 0 atom stereocenters. The molecule has 0 fully saturated rings. The van der Waals surface area contributed by atoms with E-state index in [9.17, 15) is 4.79 Å². The van der Waals surface area contributed by atoms with Crippen LogP contribution < -0.4 is 4.74 Å². The van der Waals surface area contributed by atoms with Crippen molar-refractivity contribution < 1.29 is 14.6 Å². The molecule has 0 amide bonds. The Hall–Kier alpha value is -1.22. The smallest absolute Gasteiger partial charge is 0.303 e. The van der Waals surface area contributed by atoms with Crippen LogP contribution >= 0.6 is 11.6 Å². The Bertz CT molecular complexity index is 388. The zero-order valence-electron chi connectivity index (χ0n) is 9.42. The van der Waals surface area contributed by atoms with Gasteiger partial charge in [-0.15, -0.1) is 0 Å². The van der Waals surface area contributed by atoms with Gasteiger partial charge in [0.15, 0.2) is 0 Å². The number of benzene rings is 1. The monoisotopic (exact) mass is 242 g/mol. The van der Waals surface area contributed by atoms with Gasteiger partial charge in [0, 0.05) is 11.4 Å². The van der Waals surface area contributed by atoms with E-state index < -0.39 is 5.97 Å². The first-order valence-corrected chi connectivity index (χ1v) is 5.47. The number of carboxylic acids is 1. The topological polar surface area (TPSA) is 46.5 Å². The standard InChI is InChI=1S/C12H15ClO3/c1-8-9(4-3-5-12(14)15)11(16-2)7-6-10(8)13/h6-7H,3-5H2,1-2H3,(H,14,15). The average molecular weight is 243 g/mol. The summed E-state index contributed by atoms with van der Waals surface area (Å²) in [5, 5.41) is 9.27. The summed E-state index contributed by atoms with van der Waals surface area (Å²) < 4.78 is 5.23. The molecular weight excluding hydrogens is 228 g/mol. The second-order valence-corrected chi connectivity index (χ2v) is 4.01. The van der Waals surface area contributed by atoms with Crippen LogP contribution in [0.4, 0.5) is 0 Å². The van der Waals surface area contributed by atoms with Crippen molar-refractivity contribution in [3.63, 3.8) is 0 Å². The first-order chi connectivity index (χ1) is 7.56. The van der Waals surface area contributed by atoms with E-state index in [-0.39, 0.29) is 6.42 Å². The second kappa shape index (κ2) is 5.75. The van der Waals surface area contributed by atoms with Crippen LogP contribution in [-0.2, 0) is 11.2 Å². The summed E-state index contributed by atoms with van der Waals surface area (Å²) in [6.07, 6.45) is 1.42. The minimum Gasteiger partial charge on any atom is -0.496 e. The second-order valence-electron chi connectivity index (χ2n) is 3.60. The Morgan fingerprint density at radius 3 is 2.75 bits per heavy atom. The molecule has 1 N–H and O–H groups in total. The number of halogens is 1. The number of rotatable bonds is 5. The highest BCUT2D eigenvalue weighted by atomic mass is 35.5. The van der Waals surface area contributed by atoms with Crippen LogP contribution in [0.2, 0.25) is 5.02 Å². The van der Waals surface area contributed by atoms with Crippen LogP contribution in [-0.4, -0.2) is 18.2 Å². The van der Waals surface area contributed by atoms with Gasteiger partial charge >= 0.3 is 5.97 Å². The van der Waals surface area contributed by atoms with Gasteiger partial charge in [0.05, 0.1) is 7.11 Å². The molecule has 88 valence electrons. The predicted molar refractivity (Wildman–Crippen MR) is 63.3 cm³/mol. The third kappa shape index (κ3) is 3.14. The summed E-state index contributed by atoms with van der Waals surface area (Å²) in [4.78, 5) is 10.4. The summed E-state index contributed by atoms with van der Waals surface area (Å²) in [7, 11) is 1.60. The molecule has 3 nitrogen and oxygen atoms in total. The number of hydrogen-bond acceptors (Lipinski definition) is 2. The van der Waals surface area contributed by atoms with E-state index in [0.29, 0.717) is 17.9 Å². The molecule has 16 heavy (non-hydrogen) atoms. The van der Waals surface area contributed by atoms with Crippen molar-refractivity contribution in [1.82, 2.24) is 0 Å². The molecule has 0 aromatic heterocycles. The van der Waals surface area contributed by atoms with Gasteiger partial charge in [-0.05, 0) is 43.0 Å². The number of methoxy groups -OCH3 is 1. The number of carboxylic acid groups (broad SMARTS) is 1. The molecule has 0 aliphatic rings. The molecule has 0 aliphatic carbocycles. The quantitative estimate of drug-likeness (QED) is 0.863. The maximum absolute atomic E-state index is 10.4. The number of carbonyl (C=O) groups is 1. The van der Waals surface area contributed by atoms with Crippen molar-refractivity contribution in [3.8, 4) is 5.75 Å². The summed E-state index contributed by atoms with van der Waals surface area (Å²) >= 11 is 6.01. The SMILES string of the molecule is COc1ccc(Cl)c(C)c1CCCC(=O)O. The van der Waals surface area contributed by atoms with Crippen LogP contribution in [0, 0.1) is 6.92 Å². The molecule has 1 rings (SSSR count). The van der Waals surface area contributed by atoms with Gasteiger partial charge in [0.25, 0.3) is 0 Å². The fourth-order valence-electron chi connectivity index (χ4n) is 1.62. The maximum Gasteiger partial charge on any atom is 0.303 e. The molecule has 0 saturated carbocycles. The van der Waals surface area contributed by atoms with Crippen LogP contribution in [0.5, 0.6) is 5.75 Å². The Kier molecular flexibility index (Phi) is 4.62. The van der Waals surface area contributed by atoms with Gasteiger partial charge in [0.2, 0.25) is 0 Å². The highest BCUT2D eigenvalue weighted by molar-refractivity contribution is 6.31. The Balaban J connectivity index is 2.83. The van der Waals surface area contributed by atoms with Crippen LogP contribution in [0.3, 0.4) is 0 Å². The van der Waals surface area contributed by atoms with E-state index in [1.807, 2.05) is 13.0 Å². The van der Waals surface area contributed by atoms with Crippen LogP contribution in [0.1, 0.15) is 24.0 Å². The third-order valence-corrected chi connectivity index (χ3v) is 2.94.